The Balaban J connectivity index is 2.21. The number of carboxylic acids is 1. The van der Waals surface area contributed by atoms with Crippen LogP contribution in [0, 0.1) is 11.7 Å². The number of benzene rings is 1. The number of carbonyl (C=O) groups excluding carboxylic acids is 2. The molecule has 1 fully saturated rings. The Morgan fingerprint density at radius 2 is 2.16 bits per heavy atom. The topological polar surface area (TPSA) is 74.7 Å². The number of hydrogen-bond acceptors (Lipinski definition) is 3. The first-order chi connectivity index (χ1) is 8.90. The van der Waals surface area contributed by atoms with Crippen molar-refractivity contribution in [2.75, 3.05) is 0 Å². The molecule has 0 aromatic heterocycles. The van der Waals surface area contributed by atoms with E-state index < -0.39 is 17.3 Å². The van der Waals surface area contributed by atoms with Gasteiger partial charge in [-0.1, -0.05) is 13.0 Å². The van der Waals surface area contributed by atoms with Gasteiger partial charge in [0.1, 0.15) is 5.82 Å². The van der Waals surface area contributed by atoms with Crippen molar-refractivity contribution in [1.82, 2.24) is 4.90 Å². The van der Waals surface area contributed by atoms with E-state index in [9.17, 15) is 18.8 Å². The Kier molecular flexibility index (Phi) is 3.33. The van der Waals surface area contributed by atoms with Gasteiger partial charge in [-0.25, -0.2) is 9.18 Å². The Labute approximate surface area is 108 Å². The van der Waals surface area contributed by atoms with Crippen LogP contribution in [0.3, 0.4) is 0 Å². The van der Waals surface area contributed by atoms with Crippen molar-refractivity contribution in [2.45, 2.75) is 19.9 Å². The highest BCUT2D eigenvalue weighted by Crippen LogP contribution is 2.22. The number of nitrogens with zero attached hydrogens (tertiary/aromatic N) is 1. The van der Waals surface area contributed by atoms with E-state index in [1.165, 1.54) is 6.07 Å². The van der Waals surface area contributed by atoms with Crippen LogP contribution in [0.15, 0.2) is 18.2 Å². The van der Waals surface area contributed by atoms with Gasteiger partial charge in [0.15, 0.2) is 0 Å². The molecule has 1 aliphatic heterocycles. The van der Waals surface area contributed by atoms with Gasteiger partial charge in [0.2, 0.25) is 11.8 Å². The summed E-state index contributed by atoms with van der Waals surface area (Å²) >= 11 is 0. The minimum atomic E-state index is -1.36. The fourth-order valence-corrected chi connectivity index (χ4v) is 2.03. The third-order valence-electron chi connectivity index (χ3n) is 3.07. The maximum Gasteiger partial charge on any atom is 0.338 e. The van der Waals surface area contributed by atoms with Crippen LogP contribution in [-0.4, -0.2) is 27.8 Å². The number of aromatic carboxylic acids is 1. The summed E-state index contributed by atoms with van der Waals surface area (Å²) in [5.74, 6) is -3.16. The minimum Gasteiger partial charge on any atom is -0.478 e. The van der Waals surface area contributed by atoms with Crippen molar-refractivity contribution in [3.8, 4) is 0 Å². The van der Waals surface area contributed by atoms with Crippen molar-refractivity contribution in [3.63, 3.8) is 0 Å². The highest BCUT2D eigenvalue weighted by Gasteiger charge is 2.35. The number of hydrogen-bond donors (Lipinski definition) is 1. The lowest BCUT2D eigenvalue weighted by Crippen LogP contribution is -2.29. The minimum absolute atomic E-state index is 0.0289. The molecule has 1 aromatic carbocycles. The quantitative estimate of drug-likeness (QED) is 0.839. The number of imide groups is 1. The average molecular weight is 265 g/mol. The van der Waals surface area contributed by atoms with Gasteiger partial charge in [0, 0.05) is 12.3 Å². The lowest BCUT2D eigenvalue weighted by atomic mass is 10.1. The molecule has 100 valence electrons. The molecule has 1 aromatic rings. The molecule has 19 heavy (non-hydrogen) atoms. The van der Waals surface area contributed by atoms with Gasteiger partial charge in [0.25, 0.3) is 0 Å². The van der Waals surface area contributed by atoms with Crippen molar-refractivity contribution in [1.29, 1.82) is 0 Å². The Morgan fingerprint density at radius 1 is 1.47 bits per heavy atom. The molecule has 2 rings (SSSR count). The molecule has 0 saturated carbocycles. The Hall–Kier alpha value is -2.24. The van der Waals surface area contributed by atoms with Crippen LogP contribution in [0.25, 0.3) is 0 Å². The van der Waals surface area contributed by atoms with Gasteiger partial charge >= 0.3 is 5.97 Å². The lowest BCUT2D eigenvalue weighted by Gasteiger charge is -2.14. The zero-order valence-electron chi connectivity index (χ0n) is 10.2. The summed E-state index contributed by atoms with van der Waals surface area (Å²) in [6.45, 7) is 1.63. The van der Waals surface area contributed by atoms with Crippen molar-refractivity contribution < 1.29 is 23.9 Å². The molecule has 1 heterocycles. The van der Waals surface area contributed by atoms with E-state index in [0.29, 0.717) is 5.56 Å². The van der Waals surface area contributed by atoms with E-state index in [4.69, 9.17) is 5.11 Å². The zero-order valence-corrected chi connectivity index (χ0v) is 10.2. The summed E-state index contributed by atoms with van der Waals surface area (Å²) in [6, 6.07) is 3.56. The van der Waals surface area contributed by atoms with Gasteiger partial charge < -0.3 is 5.11 Å². The van der Waals surface area contributed by atoms with Crippen LogP contribution in [0.5, 0.6) is 0 Å². The first-order valence-corrected chi connectivity index (χ1v) is 5.76. The first-order valence-electron chi connectivity index (χ1n) is 5.76. The average Bonchev–Trinajstić information content (AvgIpc) is 2.56. The lowest BCUT2D eigenvalue weighted by molar-refractivity contribution is -0.139. The summed E-state index contributed by atoms with van der Waals surface area (Å²) in [4.78, 5) is 35.0. The maximum atomic E-state index is 13.5. The second-order valence-electron chi connectivity index (χ2n) is 4.54. The highest BCUT2D eigenvalue weighted by molar-refractivity contribution is 6.03. The van der Waals surface area contributed by atoms with Gasteiger partial charge in [-0.2, -0.15) is 0 Å². The predicted molar refractivity (Wildman–Crippen MR) is 62.7 cm³/mol. The monoisotopic (exact) mass is 265 g/mol. The van der Waals surface area contributed by atoms with Gasteiger partial charge in [-0.05, 0) is 17.7 Å². The summed E-state index contributed by atoms with van der Waals surface area (Å²) in [5.41, 5.74) is -0.0468. The number of amides is 2. The van der Waals surface area contributed by atoms with Crippen LogP contribution in [-0.2, 0) is 16.1 Å². The summed E-state index contributed by atoms with van der Waals surface area (Å²) in [7, 11) is 0. The van der Waals surface area contributed by atoms with E-state index in [1.54, 1.807) is 6.92 Å². The van der Waals surface area contributed by atoms with Crippen LogP contribution >= 0.6 is 0 Å². The molecule has 1 unspecified atom stereocenters. The molecule has 6 heteroatoms. The summed E-state index contributed by atoms with van der Waals surface area (Å²) in [5, 5.41) is 8.70. The molecule has 0 bridgehead atoms. The predicted octanol–water partition coefficient (Wildman–Crippen LogP) is 1.42. The van der Waals surface area contributed by atoms with E-state index >= 15 is 0 Å². The summed E-state index contributed by atoms with van der Waals surface area (Å²) < 4.78 is 13.5. The van der Waals surface area contributed by atoms with Crippen molar-refractivity contribution >= 4 is 17.8 Å². The number of likely N-dealkylation sites (tertiary alicyclic amines) is 1. The Bertz CT molecular complexity index is 570. The van der Waals surface area contributed by atoms with Crippen molar-refractivity contribution in [3.05, 3.63) is 35.1 Å². The number of carbonyl (C=O) groups is 3. The fraction of sp³-hybridized carbons (Fsp3) is 0.308. The SMILES string of the molecule is CC1CC(=O)N(Cc2ccc(C(=O)O)c(F)c2)C1=O. The maximum absolute atomic E-state index is 13.5. The fourth-order valence-electron chi connectivity index (χ4n) is 2.03. The third-order valence-corrected chi connectivity index (χ3v) is 3.07. The smallest absolute Gasteiger partial charge is 0.338 e. The first kappa shape index (κ1) is 13.2. The zero-order chi connectivity index (χ0) is 14.2. The second-order valence-corrected chi connectivity index (χ2v) is 4.54. The molecule has 1 atom stereocenters. The number of carboxylic acid groups (broad SMARTS) is 1. The molecule has 0 aliphatic carbocycles. The van der Waals surface area contributed by atoms with Crippen molar-refractivity contribution in [2.24, 2.45) is 5.92 Å². The van der Waals surface area contributed by atoms with Gasteiger partial charge in [-0.3, -0.25) is 14.5 Å². The van der Waals surface area contributed by atoms with E-state index in [-0.39, 0.29) is 30.7 Å². The molecule has 0 spiro atoms. The Morgan fingerprint density at radius 3 is 2.63 bits per heavy atom. The molecular weight excluding hydrogens is 253 g/mol. The number of rotatable bonds is 3. The van der Waals surface area contributed by atoms with E-state index in [0.717, 1.165) is 17.0 Å². The largest absolute Gasteiger partial charge is 0.478 e. The standard InChI is InChI=1S/C13H12FNO4/c1-7-4-11(16)15(12(7)17)6-8-2-3-9(13(18)19)10(14)5-8/h2-3,5,7H,4,6H2,1H3,(H,18,19). The molecule has 2 amide bonds. The van der Waals surface area contributed by atoms with Crippen LogP contribution in [0.4, 0.5) is 4.39 Å². The summed E-state index contributed by atoms with van der Waals surface area (Å²) in [6.07, 6.45) is 0.161. The molecule has 1 saturated heterocycles. The third kappa shape index (κ3) is 2.47. The van der Waals surface area contributed by atoms with Gasteiger partial charge in [0.05, 0.1) is 12.1 Å². The molecular formula is C13H12FNO4. The molecule has 0 radical (unpaired) electrons. The van der Waals surface area contributed by atoms with Gasteiger partial charge in [-0.15, -0.1) is 0 Å². The van der Waals surface area contributed by atoms with E-state index in [2.05, 4.69) is 0 Å². The number of halogens is 1. The van der Waals surface area contributed by atoms with Crippen LogP contribution in [0.2, 0.25) is 0 Å². The van der Waals surface area contributed by atoms with E-state index in [1.807, 2.05) is 0 Å². The molecule has 1 N–H and O–H groups in total. The second kappa shape index (κ2) is 4.79. The molecule has 1 aliphatic rings. The molecule has 5 nitrogen and oxygen atoms in total. The van der Waals surface area contributed by atoms with Crippen LogP contribution < -0.4 is 0 Å². The normalized spacial score (nSPS) is 19.1. The van der Waals surface area contributed by atoms with Crippen LogP contribution in [0.1, 0.15) is 29.3 Å². The highest BCUT2D eigenvalue weighted by atomic mass is 19.1.